The third-order valence-electron chi connectivity index (χ3n) is 1.81. The van der Waals surface area contributed by atoms with Crippen molar-refractivity contribution in [2.75, 3.05) is 7.11 Å². The molecule has 82 valence electrons. The Morgan fingerprint density at radius 2 is 2.07 bits per heavy atom. The number of rotatable bonds is 1. The second-order valence-corrected chi connectivity index (χ2v) is 2.84. The van der Waals surface area contributed by atoms with E-state index in [1.54, 1.807) is 0 Å². The molecular weight excluding hydrogens is 184 g/mol. The van der Waals surface area contributed by atoms with Crippen molar-refractivity contribution in [2.24, 2.45) is 0 Å². The van der Waals surface area contributed by atoms with Crippen molar-refractivity contribution in [2.45, 2.75) is 38.9 Å². The van der Waals surface area contributed by atoms with Gasteiger partial charge < -0.3 is 14.9 Å². The van der Waals surface area contributed by atoms with E-state index >= 15 is 0 Å². The van der Waals surface area contributed by atoms with Crippen molar-refractivity contribution in [1.29, 1.82) is 0 Å². The molecule has 2 N–H and O–H groups in total. The van der Waals surface area contributed by atoms with Gasteiger partial charge in [-0.3, -0.25) is 0 Å². The van der Waals surface area contributed by atoms with Crippen molar-refractivity contribution >= 4 is 5.97 Å². The fraction of sp³-hybridized carbons (Fsp3) is 0.700. The minimum Gasteiger partial charge on any atom is -0.466 e. The Balaban J connectivity index is 0.000000791. The summed E-state index contributed by atoms with van der Waals surface area (Å²) in [4.78, 5) is 10.9. The Kier molecular flexibility index (Phi) is 6.16. The van der Waals surface area contributed by atoms with E-state index in [1.807, 2.05) is 13.8 Å². The molecule has 4 nitrogen and oxygen atoms in total. The minimum atomic E-state index is -0.733. The molecule has 0 saturated carbocycles. The molecule has 0 heterocycles. The molecule has 0 aromatic heterocycles. The third kappa shape index (κ3) is 3.89. The van der Waals surface area contributed by atoms with Crippen molar-refractivity contribution < 1.29 is 19.7 Å². The first-order chi connectivity index (χ1) is 6.63. The van der Waals surface area contributed by atoms with Crippen LogP contribution in [0, 0.1) is 0 Å². The Hall–Kier alpha value is -0.870. The van der Waals surface area contributed by atoms with Gasteiger partial charge in [0, 0.05) is 18.4 Å². The number of methoxy groups -OCH3 is 1. The number of aliphatic hydroxyl groups excluding tert-OH is 2. The molecule has 14 heavy (non-hydrogen) atoms. The van der Waals surface area contributed by atoms with Crippen LogP contribution in [0.25, 0.3) is 0 Å². The predicted molar refractivity (Wildman–Crippen MR) is 52.7 cm³/mol. The van der Waals surface area contributed by atoms with Gasteiger partial charge in [-0.15, -0.1) is 0 Å². The molecule has 0 saturated heterocycles. The first-order valence-corrected chi connectivity index (χ1v) is 4.78. The summed E-state index contributed by atoms with van der Waals surface area (Å²) in [7, 11) is 1.27. The van der Waals surface area contributed by atoms with Crippen LogP contribution in [0.5, 0.6) is 0 Å². The van der Waals surface area contributed by atoms with Crippen molar-refractivity contribution in [3.05, 3.63) is 11.6 Å². The standard InChI is InChI=1S/C8H12O4.C2H6/c1-12-8(11)5-2-6(9)4-7(10)3-5;1-2/h2,6-7,9-10H,3-4H2,1H3;1-2H3/t6-,7?;/m1./s1. The predicted octanol–water partition coefficient (Wildman–Crippen LogP) is 0.628. The summed E-state index contributed by atoms with van der Waals surface area (Å²) in [5, 5.41) is 18.3. The molecule has 0 aromatic carbocycles. The lowest BCUT2D eigenvalue weighted by Crippen LogP contribution is -2.25. The summed E-state index contributed by atoms with van der Waals surface area (Å²) >= 11 is 0. The lowest BCUT2D eigenvalue weighted by Gasteiger charge is -2.20. The van der Waals surface area contributed by atoms with Crippen LogP contribution in [0.3, 0.4) is 0 Å². The average Bonchev–Trinajstić information content (AvgIpc) is 2.18. The Morgan fingerprint density at radius 3 is 2.50 bits per heavy atom. The molecule has 1 aliphatic carbocycles. The van der Waals surface area contributed by atoms with E-state index in [9.17, 15) is 9.90 Å². The molecule has 1 aliphatic rings. The third-order valence-corrected chi connectivity index (χ3v) is 1.81. The van der Waals surface area contributed by atoms with Gasteiger partial charge in [-0.05, 0) is 6.08 Å². The van der Waals surface area contributed by atoms with Crippen LogP contribution in [-0.2, 0) is 9.53 Å². The zero-order valence-electron chi connectivity index (χ0n) is 8.86. The van der Waals surface area contributed by atoms with Gasteiger partial charge >= 0.3 is 5.97 Å². The van der Waals surface area contributed by atoms with Gasteiger partial charge in [0.1, 0.15) is 0 Å². The topological polar surface area (TPSA) is 66.8 Å². The van der Waals surface area contributed by atoms with E-state index in [1.165, 1.54) is 13.2 Å². The van der Waals surface area contributed by atoms with Crippen LogP contribution < -0.4 is 0 Å². The highest BCUT2D eigenvalue weighted by Crippen LogP contribution is 2.19. The maximum absolute atomic E-state index is 10.9. The molecule has 4 heteroatoms. The normalized spacial score (nSPS) is 25.6. The van der Waals surface area contributed by atoms with E-state index in [4.69, 9.17) is 5.11 Å². The quantitative estimate of drug-likeness (QED) is 0.612. The SMILES string of the molecule is CC.COC(=O)C1=C[C@@H](O)CC(O)C1. The van der Waals surface area contributed by atoms with Gasteiger partial charge in [-0.25, -0.2) is 4.79 Å². The second-order valence-electron chi connectivity index (χ2n) is 2.84. The lowest BCUT2D eigenvalue weighted by atomic mass is 9.95. The van der Waals surface area contributed by atoms with Gasteiger partial charge in [-0.1, -0.05) is 13.8 Å². The highest BCUT2D eigenvalue weighted by Gasteiger charge is 2.23. The van der Waals surface area contributed by atoms with Crippen LogP contribution >= 0.6 is 0 Å². The lowest BCUT2D eigenvalue weighted by molar-refractivity contribution is -0.136. The maximum atomic E-state index is 10.9. The van der Waals surface area contributed by atoms with E-state index in [0.29, 0.717) is 12.0 Å². The van der Waals surface area contributed by atoms with Gasteiger partial charge in [0.15, 0.2) is 0 Å². The number of carbonyl (C=O) groups excluding carboxylic acids is 1. The Bertz CT molecular complexity index is 210. The number of carbonyl (C=O) groups is 1. The molecular formula is C10H18O4. The fourth-order valence-electron chi connectivity index (χ4n) is 1.27. The number of esters is 1. The van der Waals surface area contributed by atoms with Gasteiger partial charge in [0.05, 0.1) is 19.3 Å². The maximum Gasteiger partial charge on any atom is 0.333 e. The van der Waals surface area contributed by atoms with Gasteiger partial charge in [-0.2, -0.15) is 0 Å². The zero-order valence-corrected chi connectivity index (χ0v) is 8.86. The highest BCUT2D eigenvalue weighted by atomic mass is 16.5. The molecule has 0 amide bonds. The molecule has 0 spiro atoms. The summed E-state index contributed by atoms with van der Waals surface area (Å²) in [6, 6.07) is 0. The summed E-state index contributed by atoms with van der Waals surface area (Å²) in [5.74, 6) is -0.479. The molecule has 2 atom stereocenters. The Labute approximate surface area is 84.2 Å². The number of ether oxygens (including phenoxy) is 1. The molecule has 0 aromatic rings. The smallest absolute Gasteiger partial charge is 0.333 e. The molecule has 1 rings (SSSR count). The minimum absolute atomic E-state index is 0.268. The van der Waals surface area contributed by atoms with E-state index in [0.717, 1.165) is 0 Å². The summed E-state index contributed by atoms with van der Waals surface area (Å²) in [5.41, 5.74) is 0.351. The fourth-order valence-corrected chi connectivity index (χ4v) is 1.27. The summed E-state index contributed by atoms with van der Waals surface area (Å²) in [6.07, 6.45) is 0.616. The second kappa shape index (κ2) is 6.56. The first-order valence-electron chi connectivity index (χ1n) is 4.78. The van der Waals surface area contributed by atoms with Crippen LogP contribution in [0.4, 0.5) is 0 Å². The molecule has 0 aliphatic heterocycles. The number of hydrogen-bond donors (Lipinski definition) is 2. The van der Waals surface area contributed by atoms with Gasteiger partial charge in [0.25, 0.3) is 0 Å². The highest BCUT2D eigenvalue weighted by molar-refractivity contribution is 5.88. The van der Waals surface area contributed by atoms with Crippen LogP contribution in [0.2, 0.25) is 0 Å². The number of aliphatic hydroxyl groups is 2. The van der Waals surface area contributed by atoms with E-state index < -0.39 is 18.2 Å². The van der Waals surface area contributed by atoms with Crippen LogP contribution in [-0.4, -0.2) is 35.5 Å². The van der Waals surface area contributed by atoms with Crippen molar-refractivity contribution in [3.8, 4) is 0 Å². The average molecular weight is 202 g/mol. The molecule has 0 fully saturated rings. The zero-order chi connectivity index (χ0) is 11.1. The molecule has 0 radical (unpaired) electrons. The first kappa shape index (κ1) is 13.1. The summed E-state index contributed by atoms with van der Waals surface area (Å²) < 4.78 is 4.46. The number of hydrogen-bond acceptors (Lipinski definition) is 4. The molecule has 0 bridgehead atoms. The van der Waals surface area contributed by atoms with Crippen LogP contribution in [0.1, 0.15) is 26.7 Å². The van der Waals surface area contributed by atoms with Crippen molar-refractivity contribution in [3.63, 3.8) is 0 Å². The van der Waals surface area contributed by atoms with E-state index in [-0.39, 0.29) is 6.42 Å². The monoisotopic (exact) mass is 202 g/mol. The van der Waals surface area contributed by atoms with E-state index in [2.05, 4.69) is 4.74 Å². The van der Waals surface area contributed by atoms with Gasteiger partial charge in [0.2, 0.25) is 0 Å². The van der Waals surface area contributed by atoms with Crippen molar-refractivity contribution in [1.82, 2.24) is 0 Å². The molecule has 1 unspecified atom stereocenters. The summed E-state index contributed by atoms with van der Waals surface area (Å²) in [6.45, 7) is 4.00. The largest absolute Gasteiger partial charge is 0.466 e. The van der Waals surface area contributed by atoms with Crippen LogP contribution in [0.15, 0.2) is 11.6 Å². The Morgan fingerprint density at radius 1 is 1.50 bits per heavy atom.